The second-order valence-corrected chi connectivity index (χ2v) is 9.85. The molecule has 1 saturated heterocycles. The third-order valence-corrected chi connectivity index (χ3v) is 6.10. The normalized spacial score (nSPS) is 19.9. The molecule has 2 heterocycles. The lowest BCUT2D eigenvalue weighted by molar-refractivity contribution is -0.383. The molecular formula is C22H34N6O4. The van der Waals surface area contributed by atoms with E-state index in [0.717, 1.165) is 31.3 Å². The number of amides is 1. The summed E-state index contributed by atoms with van der Waals surface area (Å²) in [5.41, 5.74) is 0.855. The largest absolute Gasteiger partial charge is 0.465 e. The fourth-order valence-corrected chi connectivity index (χ4v) is 4.70. The molecule has 10 nitrogen and oxygen atoms in total. The zero-order valence-electron chi connectivity index (χ0n) is 19.5. The van der Waals surface area contributed by atoms with E-state index in [4.69, 9.17) is 0 Å². The molecule has 3 rings (SSSR count). The minimum Gasteiger partial charge on any atom is -0.465 e. The Hall–Kier alpha value is -2.88. The van der Waals surface area contributed by atoms with Crippen molar-refractivity contribution in [3.63, 3.8) is 0 Å². The molecule has 1 aromatic heterocycles. The number of rotatable bonds is 6. The first-order valence-electron chi connectivity index (χ1n) is 11.0. The quantitative estimate of drug-likeness (QED) is 0.511. The Labute approximate surface area is 188 Å². The number of nitro groups is 1. The van der Waals surface area contributed by atoms with Crippen LogP contribution >= 0.6 is 0 Å². The first-order chi connectivity index (χ1) is 15.0. The molecule has 2 aromatic rings. The first kappa shape index (κ1) is 23.8. The maximum absolute atomic E-state index is 12.1. The lowest BCUT2D eigenvalue weighted by Gasteiger charge is -2.42. The highest BCUT2D eigenvalue weighted by molar-refractivity contribution is 5.96. The van der Waals surface area contributed by atoms with Gasteiger partial charge in [0.1, 0.15) is 5.69 Å². The van der Waals surface area contributed by atoms with Gasteiger partial charge in [0.2, 0.25) is 0 Å². The Morgan fingerprint density at radius 1 is 1.34 bits per heavy atom. The number of likely N-dealkylation sites (tertiary alicyclic amines) is 1. The van der Waals surface area contributed by atoms with Crippen LogP contribution in [0, 0.1) is 15.5 Å². The van der Waals surface area contributed by atoms with Crippen molar-refractivity contribution >= 4 is 28.4 Å². The van der Waals surface area contributed by atoms with Gasteiger partial charge >= 0.3 is 6.09 Å². The SMILES string of the molecule is CN(C)CCn1ncc2c(NC3CCCCN(C(=O)O)[C@@H]3C(C)(C)C)c([N+](=O)[O-])ccc21. The zero-order valence-corrected chi connectivity index (χ0v) is 19.5. The summed E-state index contributed by atoms with van der Waals surface area (Å²) in [7, 11) is 3.97. The zero-order chi connectivity index (χ0) is 23.6. The number of nitrogens with zero attached hydrogens (tertiary/aromatic N) is 5. The molecule has 1 amide bonds. The summed E-state index contributed by atoms with van der Waals surface area (Å²) in [5, 5.41) is 30.3. The Morgan fingerprint density at radius 2 is 2.06 bits per heavy atom. The van der Waals surface area contributed by atoms with E-state index in [-0.39, 0.29) is 23.2 Å². The number of carboxylic acid groups (broad SMARTS) is 1. The maximum Gasteiger partial charge on any atom is 0.407 e. The van der Waals surface area contributed by atoms with E-state index in [1.54, 1.807) is 12.3 Å². The van der Waals surface area contributed by atoms with Crippen molar-refractivity contribution < 1.29 is 14.8 Å². The number of hydrogen-bond donors (Lipinski definition) is 2. The summed E-state index contributed by atoms with van der Waals surface area (Å²) < 4.78 is 1.85. The van der Waals surface area contributed by atoms with Gasteiger partial charge in [0.15, 0.2) is 0 Å². The molecule has 0 saturated carbocycles. The smallest absolute Gasteiger partial charge is 0.407 e. The second-order valence-electron chi connectivity index (χ2n) is 9.85. The van der Waals surface area contributed by atoms with Crippen molar-refractivity contribution in [1.82, 2.24) is 19.6 Å². The number of anilines is 1. The minimum absolute atomic E-state index is 0.0246. The maximum atomic E-state index is 12.1. The summed E-state index contributed by atoms with van der Waals surface area (Å²) in [5.74, 6) is 0. The highest BCUT2D eigenvalue weighted by Crippen LogP contribution is 2.38. The summed E-state index contributed by atoms with van der Waals surface area (Å²) in [6, 6.07) is 2.65. The van der Waals surface area contributed by atoms with Crippen LogP contribution in [-0.4, -0.2) is 75.0 Å². The van der Waals surface area contributed by atoms with Crippen molar-refractivity contribution in [3.8, 4) is 0 Å². The van der Waals surface area contributed by atoms with Gasteiger partial charge in [-0.15, -0.1) is 0 Å². The molecule has 1 unspecified atom stereocenters. The van der Waals surface area contributed by atoms with Gasteiger partial charge in [0.05, 0.1) is 34.6 Å². The third-order valence-electron chi connectivity index (χ3n) is 6.10. The third kappa shape index (κ3) is 4.95. The van der Waals surface area contributed by atoms with E-state index in [9.17, 15) is 20.0 Å². The van der Waals surface area contributed by atoms with Crippen molar-refractivity contribution in [2.75, 3.05) is 32.5 Å². The number of hydrogen-bond acceptors (Lipinski definition) is 6. The molecule has 32 heavy (non-hydrogen) atoms. The first-order valence-corrected chi connectivity index (χ1v) is 11.0. The summed E-state index contributed by atoms with van der Waals surface area (Å²) in [4.78, 5) is 27.1. The van der Waals surface area contributed by atoms with E-state index in [1.807, 2.05) is 39.5 Å². The van der Waals surface area contributed by atoms with Crippen LogP contribution in [0.1, 0.15) is 40.0 Å². The van der Waals surface area contributed by atoms with Crippen LogP contribution in [-0.2, 0) is 6.54 Å². The Kier molecular flexibility index (Phi) is 6.92. The predicted molar refractivity (Wildman–Crippen MR) is 124 cm³/mol. The molecule has 2 atom stereocenters. The van der Waals surface area contributed by atoms with E-state index in [1.165, 1.54) is 11.0 Å². The highest BCUT2D eigenvalue weighted by Gasteiger charge is 2.41. The van der Waals surface area contributed by atoms with E-state index < -0.39 is 11.0 Å². The van der Waals surface area contributed by atoms with Crippen LogP contribution in [0.15, 0.2) is 18.3 Å². The lowest BCUT2D eigenvalue weighted by Crippen LogP contribution is -2.54. The Bertz CT molecular complexity index is 981. The number of carbonyl (C=O) groups is 1. The Balaban J connectivity index is 2.07. The predicted octanol–water partition coefficient (Wildman–Crippen LogP) is 3.87. The summed E-state index contributed by atoms with van der Waals surface area (Å²) in [6.07, 6.45) is 3.06. The van der Waals surface area contributed by atoms with Gasteiger partial charge in [0.25, 0.3) is 5.69 Å². The molecule has 2 N–H and O–H groups in total. The average molecular weight is 447 g/mol. The monoisotopic (exact) mass is 446 g/mol. The highest BCUT2D eigenvalue weighted by atomic mass is 16.6. The van der Waals surface area contributed by atoms with E-state index >= 15 is 0 Å². The number of likely N-dealkylation sites (N-methyl/N-ethyl adjacent to an activating group) is 1. The number of aromatic nitrogens is 2. The fourth-order valence-electron chi connectivity index (χ4n) is 4.70. The lowest BCUT2D eigenvalue weighted by atomic mass is 9.80. The van der Waals surface area contributed by atoms with Crippen LogP contribution < -0.4 is 5.32 Å². The fraction of sp³-hybridized carbons (Fsp3) is 0.636. The van der Waals surface area contributed by atoms with Gasteiger partial charge in [-0.25, -0.2) is 4.79 Å². The molecule has 0 bridgehead atoms. The number of nitro benzene ring substituents is 1. The summed E-state index contributed by atoms with van der Waals surface area (Å²) >= 11 is 0. The molecule has 1 aliphatic rings. The van der Waals surface area contributed by atoms with Gasteiger partial charge in [0, 0.05) is 25.2 Å². The van der Waals surface area contributed by atoms with Gasteiger partial charge in [-0.3, -0.25) is 14.8 Å². The van der Waals surface area contributed by atoms with Crippen LogP contribution in [0.3, 0.4) is 0 Å². The molecule has 176 valence electrons. The Morgan fingerprint density at radius 3 is 2.66 bits per heavy atom. The van der Waals surface area contributed by atoms with Crippen molar-refractivity contribution in [2.24, 2.45) is 5.41 Å². The van der Waals surface area contributed by atoms with Crippen molar-refractivity contribution in [3.05, 3.63) is 28.4 Å². The molecular weight excluding hydrogens is 412 g/mol. The second kappa shape index (κ2) is 9.32. The molecule has 1 fully saturated rings. The van der Waals surface area contributed by atoms with Crippen LogP contribution in [0.2, 0.25) is 0 Å². The van der Waals surface area contributed by atoms with E-state index in [0.29, 0.717) is 24.2 Å². The number of fused-ring (bicyclic) bond motifs is 1. The van der Waals surface area contributed by atoms with Crippen LogP contribution in [0.4, 0.5) is 16.2 Å². The molecule has 1 aliphatic heterocycles. The average Bonchev–Trinajstić information content (AvgIpc) is 2.97. The van der Waals surface area contributed by atoms with Crippen LogP contribution in [0.5, 0.6) is 0 Å². The topological polar surface area (TPSA) is 117 Å². The van der Waals surface area contributed by atoms with Gasteiger partial charge < -0.3 is 20.2 Å². The molecule has 10 heteroatoms. The van der Waals surface area contributed by atoms with Crippen molar-refractivity contribution in [2.45, 2.75) is 58.7 Å². The molecule has 0 spiro atoms. The van der Waals surface area contributed by atoms with Gasteiger partial charge in [-0.1, -0.05) is 20.8 Å². The molecule has 1 aromatic carbocycles. The number of benzene rings is 1. The van der Waals surface area contributed by atoms with Crippen LogP contribution in [0.25, 0.3) is 10.9 Å². The minimum atomic E-state index is -0.956. The van der Waals surface area contributed by atoms with Crippen molar-refractivity contribution in [1.29, 1.82) is 0 Å². The summed E-state index contributed by atoms with van der Waals surface area (Å²) in [6.45, 7) is 7.96. The van der Waals surface area contributed by atoms with Gasteiger partial charge in [-0.05, 0) is 44.8 Å². The number of nitrogens with one attached hydrogen (secondary N) is 1. The molecule has 0 radical (unpaired) electrons. The molecule has 0 aliphatic carbocycles. The van der Waals surface area contributed by atoms with Gasteiger partial charge in [-0.2, -0.15) is 5.10 Å². The van der Waals surface area contributed by atoms with E-state index in [2.05, 4.69) is 15.3 Å². The standard InChI is InChI=1S/C22H34N6O4/c1-22(2,3)20-16(8-6-7-11-26(20)21(29)30)24-19-15-14-23-27(13-12-25(4)5)17(15)9-10-18(19)28(31)32/h9-10,14,16,20,24H,6-8,11-13H2,1-5H3,(H,29,30)/t16?,20-/m0/s1.